The van der Waals surface area contributed by atoms with Crippen molar-refractivity contribution in [2.24, 2.45) is 5.92 Å². The number of nitrogens with one attached hydrogen (secondary N) is 1. The van der Waals surface area contributed by atoms with Gasteiger partial charge in [-0.3, -0.25) is 4.79 Å². The number of hydrogen-bond acceptors (Lipinski definition) is 1. The summed E-state index contributed by atoms with van der Waals surface area (Å²) in [5, 5.41) is 3.79. The summed E-state index contributed by atoms with van der Waals surface area (Å²) in [7, 11) is 0. The SMILES string of the molecule is CC(C)C[C@@H](C)NC(=O)c1ccc(Cl)c(Cl)c1. The van der Waals surface area contributed by atoms with E-state index in [4.69, 9.17) is 23.2 Å². The van der Waals surface area contributed by atoms with Crippen molar-refractivity contribution < 1.29 is 4.79 Å². The van der Waals surface area contributed by atoms with Crippen molar-refractivity contribution in [2.45, 2.75) is 33.2 Å². The standard InChI is InChI=1S/C13H17Cl2NO/c1-8(2)6-9(3)16-13(17)10-4-5-11(14)12(15)7-10/h4-5,7-9H,6H2,1-3H3,(H,16,17)/t9-/m1/s1. The van der Waals surface area contributed by atoms with Gasteiger partial charge in [0.25, 0.3) is 5.91 Å². The monoisotopic (exact) mass is 273 g/mol. The quantitative estimate of drug-likeness (QED) is 0.877. The van der Waals surface area contributed by atoms with Gasteiger partial charge in [-0.05, 0) is 37.5 Å². The summed E-state index contributed by atoms with van der Waals surface area (Å²) >= 11 is 11.7. The van der Waals surface area contributed by atoms with Gasteiger partial charge < -0.3 is 5.32 Å². The summed E-state index contributed by atoms with van der Waals surface area (Å²) < 4.78 is 0. The Hall–Kier alpha value is -0.730. The smallest absolute Gasteiger partial charge is 0.251 e. The lowest BCUT2D eigenvalue weighted by Crippen LogP contribution is -2.33. The van der Waals surface area contributed by atoms with Gasteiger partial charge in [0.1, 0.15) is 0 Å². The molecule has 0 saturated carbocycles. The molecule has 1 rings (SSSR count). The fourth-order valence-electron chi connectivity index (χ4n) is 1.71. The fraction of sp³-hybridized carbons (Fsp3) is 0.462. The van der Waals surface area contributed by atoms with Gasteiger partial charge in [0, 0.05) is 11.6 Å². The topological polar surface area (TPSA) is 29.1 Å². The first-order chi connectivity index (χ1) is 7.90. The molecular formula is C13H17Cl2NO. The molecule has 17 heavy (non-hydrogen) atoms. The van der Waals surface area contributed by atoms with Gasteiger partial charge in [-0.1, -0.05) is 37.0 Å². The van der Waals surface area contributed by atoms with Gasteiger partial charge in [0.15, 0.2) is 0 Å². The molecule has 2 nitrogen and oxygen atoms in total. The highest BCUT2D eigenvalue weighted by Crippen LogP contribution is 2.22. The summed E-state index contributed by atoms with van der Waals surface area (Å²) in [5.74, 6) is 0.441. The number of halogens is 2. The first-order valence-corrected chi connectivity index (χ1v) is 6.41. The Labute approximate surface area is 112 Å². The second-order valence-electron chi connectivity index (χ2n) is 4.63. The molecular weight excluding hydrogens is 257 g/mol. The minimum Gasteiger partial charge on any atom is -0.350 e. The molecule has 94 valence electrons. The van der Waals surface area contributed by atoms with E-state index in [0.717, 1.165) is 6.42 Å². The molecule has 1 amide bonds. The van der Waals surface area contributed by atoms with Crippen molar-refractivity contribution in [3.8, 4) is 0 Å². The van der Waals surface area contributed by atoms with E-state index in [9.17, 15) is 4.79 Å². The summed E-state index contributed by atoms with van der Waals surface area (Å²) in [6.07, 6.45) is 0.951. The summed E-state index contributed by atoms with van der Waals surface area (Å²) in [4.78, 5) is 11.9. The number of carbonyl (C=O) groups excluding carboxylic acids is 1. The van der Waals surface area contributed by atoms with Crippen molar-refractivity contribution in [3.05, 3.63) is 33.8 Å². The minimum atomic E-state index is -0.114. The fourth-order valence-corrected chi connectivity index (χ4v) is 2.01. The highest BCUT2D eigenvalue weighted by Gasteiger charge is 2.12. The predicted octanol–water partition coefficient (Wildman–Crippen LogP) is 4.16. The molecule has 0 aromatic heterocycles. The molecule has 1 aromatic carbocycles. The number of carbonyl (C=O) groups is 1. The van der Waals surface area contributed by atoms with Gasteiger partial charge in [-0.25, -0.2) is 0 Å². The van der Waals surface area contributed by atoms with Crippen molar-refractivity contribution in [1.29, 1.82) is 0 Å². The third kappa shape index (κ3) is 4.57. The molecule has 0 aliphatic heterocycles. The number of amides is 1. The Kier molecular flexibility index (Phi) is 5.29. The molecule has 0 aliphatic carbocycles. The van der Waals surface area contributed by atoms with Crippen LogP contribution in [0.15, 0.2) is 18.2 Å². The molecule has 1 N–H and O–H groups in total. The normalized spacial score (nSPS) is 12.6. The molecule has 0 spiro atoms. The Bertz CT molecular complexity index is 404. The third-order valence-corrected chi connectivity index (χ3v) is 3.12. The Morgan fingerprint density at radius 3 is 2.41 bits per heavy atom. The highest BCUT2D eigenvalue weighted by atomic mass is 35.5. The average molecular weight is 274 g/mol. The lowest BCUT2D eigenvalue weighted by molar-refractivity contribution is 0.0936. The van der Waals surface area contributed by atoms with Crippen LogP contribution in [0.2, 0.25) is 10.0 Å². The van der Waals surface area contributed by atoms with Crippen molar-refractivity contribution >= 4 is 29.1 Å². The molecule has 0 bridgehead atoms. The second-order valence-corrected chi connectivity index (χ2v) is 5.45. The largest absolute Gasteiger partial charge is 0.350 e. The number of benzene rings is 1. The zero-order chi connectivity index (χ0) is 13.0. The highest BCUT2D eigenvalue weighted by molar-refractivity contribution is 6.42. The lowest BCUT2D eigenvalue weighted by atomic mass is 10.0. The minimum absolute atomic E-state index is 0.114. The van der Waals surface area contributed by atoms with Crippen LogP contribution in [0.5, 0.6) is 0 Å². The maximum atomic E-state index is 11.9. The maximum Gasteiger partial charge on any atom is 0.251 e. The Morgan fingerprint density at radius 1 is 1.24 bits per heavy atom. The van der Waals surface area contributed by atoms with Crippen LogP contribution in [-0.4, -0.2) is 11.9 Å². The van der Waals surface area contributed by atoms with Gasteiger partial charge in [-0.15, -0.1) is 0 Å². The van der Waals surface area contributed by atoms with Crippen LogP contribution in [-0.2, 0) is 0 Å². The molecule has 0 saturated heterocycles. The molecule has 0 heterocycles. The first kappa shape index (κ1) is 14.3. The third-order valence-electron chi connectivity index (χ3n) is 2.38. The van der Waals surface area contributed by atoms with E-state index in [-0.39, 0.29) is 11.9 Å². The first-order valence-electron chi connectivity index (χ1n) is 5.66. The van der Waals surface area contributed by atoms with E-state index in [0.29, 0.717) is 21.5 Å². The summed E-state index contributed by atoms with van der Waals surface area (Å²) in [6.45, 7) is 6.25. The van der Waals surface area contributed by atoms with Crippen LogP contribution in [0, 0.1) is 5.92 Å². The summed E-state index contributed by atoms with van der Waals surface area (Å²) in [5.41, 5.74) is 0.537. The zero-order valence-corrected chi connectivity index (χ0v) is 11.8. The molecule has 0 unspecified atom stereocenters. The van der Waals surface area contributed by atoms with E-state index in [1.54, 1.807) is 18.2 Å². The van der Waals surface area contributed by atoms with E-state index in [1.807, 2.05) is 6.92 Å². The Morgan fingerprint density at radius 2 is 1.88 bits per heavy atom. The van der Waals surface area contributed by atoms with Gasteiger partial charge >= 0.3 is 0 Å². The van der Waals surface area contributed by atoms with Gasteiger partial charge in [0.2, 0.25) is 0 Å². The second kappa shape index (κ2) is 6.27. The molecule has 1 atom stereocenters. The lowest BCUT2D eigenvalue weighted by Gasteiger charge is -2.16. The van der Waals surface area contributed by atoms with E-state index in [2.05, 4.69) is 19.2 Å². The van der Waals surface area contributed by atoms with Crippen molar-refractivity contribution in [3.63, 3.8) is 0 Å². The van der Waals surface area contributed by atoms with Crippen LogP contribution >= 0.6 is 23.2 Å². The van der Waals surface area contributed by atoms with Crippen LogP contribution in [0.4, 0.5) is 0 Å². The van der Waals surface area contributed by atoms with Crippen LogP contribution < -0.4 is 5.32 Å². The van der Waals surface area contributed by atoms with Gasteiger partial charge in [-0.2, -0.15) is 0 Å². The van der Waals surface area contributed by atoms with Gasteiger partial charge in [0.05, 0.1) is 10.0 Å². The van der Waals surface area contributed by atoms with E-state index >= 15 is 0 Å². The van der Waals surface area contributed by atoms with E-state index in [1.165, 1.54) is 0 Å². The average Bonchev–Trinajstić information content (AvgIpc) is 2.20. The maximum absolute atomic E-state index is 11.9. The molecule has 0 radical (unpaired) electrons. The zero-order valence-electron chi connectivity index (χ0n) is 10.3. The summed E-state index contributed by atoms with van der Waals surface area (Å²) in [6, 6.07) is 5.04. The Balaban J connectivity index is 2.66. The number of hydrogen-bond donors (Lipinski definition) is 1. The molecule has 1 aromatic rings. The van der Waals surface area contributed by atoms with E-state index < -0.39 is 0 Å². The molecule has 4 heteroatoms. The number of rotatable bonds is 4. The molecule has 0 aliphatic rings. The van der Waals surface area contributed by atoms with Crippen LogP contribution in [0.25, 0.3) is 0 Å². The van der Waals surface area contributed by atoms with Crippen LogP contribution in [0.1, 0.15) is 37.6 Å². The predicted molar refractivity (Wildman–Crippen MR) is 72.8 cm³/mol. The van der Waals surface area contributed by atoms with Crippen LogP contribution in [0.3, 0.4) is 0 Å². The molecule has 0 fully saturated rings. The van der Waals surface area contributed by atoms with Crippen molar-refractivity contribution in [2.75, 3.05) is 0 Å². The van der Waals surface area contributed by atoms with Crippen molar-refractivity contribution in [1.82, 2.24) is 5.32 Å².